The summed E-state index contributed by atoms with van der Waals surface area (Å²) in [6.07, 6.45) is -5.80. The van der Waals surface area contributed by atoms with Gasteiger partial charge in [-0.2, -0.15) is 30.7 Å². The number of rotatable bonds is 11. The van der Waals surface area contributed by atoms with Crippen LogP contribution in [0.15, 0.2) is 20.1 Å². The molecule has 3 rings (SSSR count). The van der Waals surface area contributed by atoms with Crippen molar-refractivity contribution in [1.82, 2.24) is 21.4 Å². The molecule has 5 nitrogen and oxygen atoms in total. The molecular formula is C23H32F9N5S6. The summed E-state index contributed by atoms with van der Waals surface area (Å²) in [6.45, 7) is 9.56. The largest absolute Gasteiger partial charge is 0.455 e. The molecule has 0 amide bonds. The van der Waals surface area contributed by atoms with Gasteiger partial charge in [0.05, 0.1) is 13.1 Å². The molecule has 20 heteroatoms. The molecule has 0 N–H and O–H groups in total. The summed E-state index contributed by atoms with van der Waals surface area (Å²) in [5.74, 6) is -13.5. The van der Waals surface area contributed by atoms with Crippen LogP contribution in [0.3, 0.4) is 0 Å². The summed E-state index contributed by atoms with van der Waals surface area (Å²) in [5, 5.41) is 0.929. The van der Waals surface area contributed by atoms with E-state index in [1.54, 1.807) is 39.2 Å². The highest BCUT2D eigenvalue weighted by molar-refractivity contribution is 8.27. The average Bonchev–Trinajstić information content (AvgIpc) is 3.44. The zero-order chi connectivity index (χ0) is 33.5. The molecular weight excluding hydrogens is 710 g/mol. The Hall–Kier alpha value is -0.410. The number of halogens is 9. The van der Waals surface area contributed by atoms with Crippen LogP contribution in [0.5, 0.6) is 0 Å². The Morgan fingerprint density at radius 2 is 1.19 bits per heavy atom. The van der Waals surface area contributed by atoms with E-state index in [0.29, 0.717) is 10.8 Å². The Kier molecular flexibility index (Phi) is 12.8. The van der Waals surface area contributed by atoms with Crippen LogP contribution in [-0.2, 0) is 13.1 Å². The van der Waals surface area contributed by atoms with Gasteiger partial charge in [-0.15, -0.1) is 14.9 Å². The Morgan fingerprint density at radius 3 is 1.63 bits per heavy atom. The fraction of sp³-hybridized carbons (Fsp3) is 0.739. The Morgan fingerprint density at radius 1 is 0.721 bits per heavy atom. The number of thioether (sulfide) groups is 1. The lowest BCUT2D eigenvalue weighted by Crippen LogP contribution is -2.41. The Bertz CT molecular complexity index is 1390. The first-order valence-corrected chi connectivity index (χ1v) is 17.0. The topological polar surface area (TPSA) is 23.0 Å². The van der Waals surface area contributed by atoms with Crippen molar-refractivity contribution in [3.05, 3.63) is 9.54 Å². The van der Waals surface area contributed by atoms with E-state index in [-0.39, 0.29) is 37.6 Å². The molecule has 0 bridgehead atoms. The smallest absolute Gasteiger partial charge is 0.307 e. The summed E-state index contributed by atoms with van der Waals surface area (Å²) in [5.41, 5.74) is 0. The summed E-state index contributed by atoms with van der Waals surface area (Å²) >= 11 is 14.6. The maximum Gasteiger partial charge on any atom is 0.455 e. The van der Waals surface area contributed by atoms with Crippen molar-refractivity contribution in [2.75, 3.05) is 5.75 Å². The number of imidazole rings is 2. The van der Waals surface area contributed by atoms with E-state index in [0.717, 1.165) is 56.7 Å². The highest BCUT2D eigenvalue weighted by atomic mass is 32.3. The first kappa shape index (κ1) is 38.8. The summed E-state index contributed by atoms with van der Waals surface area (Å²) < 4.78 is 130. The second kappa shape index (κ2) is 14.1. The molecule has 0 aromatic carbocycles. The minimum absolute atomic E-state index is 0.0774. The zero-order valence-corrected chi connectivity index (χ0v) is 29.3. The van der Waals surface area contributed by atoms with E-state index in [9.17, 15) is 39.5 Å². The molecule has 0 saturated heterocycles. The predicted molar refractivity (Wildman–Crippen MR) is 161 cm³/mol. The third-order valence-electron chi connectivity index (χ3n) is 5.74. The van der Waals surface area contributed by atoms with Crippen molar-refractivity contribution < 1.29 is 39.5 Å². The molecule has 0 fully saturated rings. The molecule has 0 aliphatic carbocycles. The molecule has 2 aromatic rings. The van der Waals surface area contributed by atoms with Crippen LogP contribution in [-0.4, -0.2) is 51.1 Å². The summed E-state index contributed by atoms with van der Waals surface area (Å²) in [6, 6.07) is -0.774. The third-order valence-corrected chi connectivity index (χ3v) is 11.3. The average molecular weight is 742 g/mol. The van der Waals surface area contributed by atoms with Crippen LogP contribution in [0.4, 0.5) is 39.5 Å². The lowest BCUT2D eigenvalue weighted by Gasteiger charge is -2.24. The highest BCUT2D eigenvalue weighted by Gasteiger charge is 2.58. The molecule has 0 unspecified atom stereocenters. The van der Waals surface area contributed by atoms with E-state index < -0.39 is 43.1 Å². The van der Waals surface area contributed by atoms with Gasteiger partial charge in [0.1, 0.15) is 20.1 Å². The van der Waals surface area contributed by atoms with Gasteiger partial charge in [0.25, 0.3) is 0 Å². The van der Waals surface area contributed by atoms with E-state index in [2.05, 4.69) is 0 Å². The van der Waals surface area contributed by atoms with Crippen molar-refractivity contribution in [3.8, 4) is 0 Å². The van der Waals surface area contributed by atoms with Gasteiger partial charge in [-0.1, -0.05) is 20.8 Å². The van der Waals surface area contributed by atoms with Crippen LogP contribution in [0.25, 0.3) is 0 Å². The number of hydrogen-bond acceptors (Lipinski definition) is 7. The fourth-order valence-corrected chi connectivity index (χ4v) is 9.83. The molecule has 1 aliphatic heterocycles. The van der Waals surface area contributed by atoms with Gasteiger partial charge in [0.2, 0.25) is 0 Å². The quantitative estimate of drug-likeness (QED) is 0.0978. The second-order valence-corrected chi connectivity index (χ2v) is 15.1. The number of fused-ring (bicyclic) bond motifs is 1. The molecule has 0 radical (unpaired) electrons. The van der Waals surface area contributed by atoms with Gasteiger partial charge in [-0.3, -0.25) is 0 Å². The van der Waals surface area contributed by atoms with Crippen molar-refractivity contribution in [2.45, 2.75) is 125 Å². The maximum absolute atomic E-state index is 14.4. The molecule has 43 heavy (non-hydrogen) atoms. The number of alkyl halides is 9. The zero-order valence-electron chi connectivity index (χ0n) is 24.4. The van der Waals surface area contributed by atoms with E-state index in [1.165, 1.54) is 7.68 Å². The first-order valence-electron chi connectivity index (χ1n) is 12.9. The van der Waals surface area contributed by atoms with E-state index in [4.69, 9.17) is 24.4 Å². The van der Waals surface area contributed by atoms with Gasteiger partial charge in [0, 0.05) is 54.9 Å². The van der Waals surface area contributed by atoms with Crippen LogP contribution in [0, 0.1) is 9.54 Å². The summed E-state index contributed by atoms with van der Waals surface area (Å²) in [4.78, 5) is 0. The molecule has 0 saturated carbocycles. The minimum atomic E-state index is -5.80. The van der Waals surface area contributed by atoms with Crippen molar-refractivity contribution >= 4 is 72.0 Å². The maximum atomic E-state index is 14.4. The van der Waals surface area contributed by atoms with Crippen LogP contribution >= 0.6 is 72.0 Å². The lowest BCUT2D eigenvalue weighted by atomic mass is 10.2. The van der Waals surface area contributed by atoms with Crippen molar-refractivity contribution in [2.24, 2.45) is 0 Å². The predicted octanol–water partition coefficient (Wildman–Crippen LogP) is 11.2. The second-order valence-electron chi connectivity index (χ2n) is 9.61. The number of aromatic nitrogens is 4. The standard InChI is InChI=1S/C21H26F9N5S6.C2H6/c1-7-38-12-14(33(10(2)3)16(36)31(12)9-20(26,27)21(28,29)30)40-35-39-13-15(41-35)34(11(4)5)17(37)32(13)8-19(24,25)18(6,22)23;1-2/h10-11H,7-9H2,1-6H3;1-2H3. The summed E-state index contributed by atoms with van der Waals surface area (Å²) in [7, 11) is 0. The van der Waals surface area contributed by atoms with Gasteiger partial charge in [-0.05, 0) is 57.9 Å². The molecule has 248 valence electrons. The highest BCUT2D eigenvalue weighted by Crippen LogP contribution is 2.55. The molecule has 0 atom stereocenters. The molecule has 1 aliphatic rings. The molecule has 2 aromatic heterocycles. The van der Waals surface area contributed by atoms with Gasteiger partial charge in [-0.25, -0.2) is 8.78 Å². The lowest BCUT2D eigenvalue weighted by molar-refractivity contribution is -0.287. The van der Waals surface area contributed by atoms with Gasteiger partial charge < -0.3 is 18.3 Å². The third kappa shape index (κ3) is 7.94. The van der Waals surface area contributed by atoms with Gasteiger partial charge in [0.15, 0.2) is 9.54 Å². The normalized spacial score (nSPS) is 15.0. The first-order chi connectivity index (χ1) is 19.6. The molecule has 3 heterocycles. The Balaban J connectivity index is 0.00000316. The number of hydrogen-bond donors (Lipinski definition) is 0. The monoisotopic (exact) mass is 741 g/mol. The van der Waals surface area contributed by atoms with Crippen molar-refractivity contribution in [3.63, 3.8) is 0 Å². The van der Waals surface area contributed by atoms with Gasteiger partial charge >= 0.3 is 23.9 Å². The van der Waals surface area contributed by atoms with E-state index >= 15 is 0 Å². The fourth-order valence-electron chi connectivity index (χ4n) is 3.66. The Labute approximate surface area is 271 Å². The number of nitrogens with zero attached hydrogens (tertiary/aromatic N) is 5. The van der Waals surface area contributed by atoms with Crippen LogP contribution < -0.4 is 0 Å². The van der Waals surface area contributed by atoms with Crippen LogP contribution in [0.2, 0.25) is 0 Å². The van der Waals surface area contributed by atoms with Crippen molar-refractivity contribution in [1.29, 1.82) is 0 Å². The van der Waals surface area contributed by atoms with E-state index in [1.807, 2.05) is 13.8 Å². The minimum Gasteiger partial charge on any atom is -0.307 e. The van der Waals surface area contributed by atoms with Crippen LogP contribution in [0.1, 0.15) is 67.5 Å². The molecule has 0 spiro atoms. The SMILES string of the molecule is CC.CCSc1c(SN2Sc3c(n(C(C)C)c(=S)n3CC(F)(F)C(C)(F)F)S2)n(C(C)C)c(=S)n1CC(F)(F)C(F)(F)F.